The van der Waals surface area contributed by atoms with Gasteiger partial charge in [0.1, 0.15) is 5.82 Å². The first kappa shape index (κ1) is 17.2. The fourth-order valence-corrected chi connectivity index (χ4v) is 4.15. The van der Waals surface area contributed by atoms with Gasteiger partial charge in [0.2, 0.25) is 0 Å². The van der Waals surface area contributed by atoms with Crippen molar-refractivity contribution in [3.05, 3.63) is 12.0 Å². The molecule has 0 aliphatic rings. The molecule has 116 valence electrons. The zero-order chi connectivity index (χ0) is 15.3. The molecule has 6 heteroatoms. The molecule has 1 aromatic rings. The molecule has 1 rings (SSSR count). The van der Waals surface area contributed by atoms with Gasteiger partial charge in [0.05, 0.1) is 6.20 Å². The first-order chi connectivity index (χ1) is 9.36. The van der Waals surface area contributed by atoms with Gasteiger partial charge in [-0.1, -0.05) is 34.6 Å². The number of aromatic amines is 1. The Hall–Kier alpha value is -0.880. The summed E-state index contributed by atoms with van der Waals surface area (Å²) in [6.45, 7) is 10.6. The summed E-state index contributed by atoms with van der Waals surface area (Å²) in [6, 6.07) is 0.0378. The summed E-state index contributed by atoms with van der Waals surface area (Å²) in [5.74, 6) is 0.997. The highest BCUT2D eigenvalue weighted by atomic mass is 32.2. The third kappa shape index (κ3) is 3.82. The second-order valence-electron chi connectivity index (χ2n) is 5.49. The second-order valence-corrected chi connectivity index (χ2v) is 7.35. The molecule has 0 aliphatic heterocycles. The Morgan fingerprint density at radius 3 is 2.25 bits per heavy atom. The lowest BCUT2D eigenvalue weighted by Gasteiger charge is -2.30. The molecule has 0 fully saturated rings. The van der Waals surface area contributed by atoms with E-state index in [0.29, 0.717) is 24.7 Å². The molecule has 0 atom stereocenters. The lowest BCUT2D eigenvalue weighted by Crippen LogP contribution is -2.42. The van der Waals surface area contributed by atoms with Crippen LogP contribution in [0.4, 0.5) is 0 Å². The van der Waals surface area contributed by atoms with E-state index in [1.807, 2.05) is 34.6 Å². The maximum Gasteiger partial charge on any atom is 0.260 e. The fraction of sp³-hybridized carbons (Fsp3) is 0.786. The average molecular weight is 301 g/mol. The Balaban J connectivity index is 3.15. The Morgan fingerprint density at radius 1 is 1.25 bits per heavy atom. The number of hydrogen-bond donors (Lipinski definition) is 1. The summed E-state index contributed by atoms with van der Waals surface area (Å²) in [6.07, 6.45) is 3.77. The molecule has 0 unspecified atom stereocenters. The first-order valence-corrected chi connectivity index (χ1v) is 8.86. The van der Waals surface area contributed by atoms with Gasteiger partial charge in [0.15, 0.2) is 5.03 Å². The minimum absolute atomic E-state index is 0.0378. The average Bonchev–Trinajstić information content (AvgIpc) is 2.88. The number of aryl methyl sites for hydroxylation is 1. The van der Waals surface area contributed by atoms with Gasteiger partial charge in [0, 0.05) is 19.0 Å². The fourth-order valence-electron chi connectivity index (χ4n) is 2.28. The van der Waals surface area contributed by atoms with Crippen molar-refractivity contribution in [2.75, 3.05) is 6.54 Å². The number of nitrogens with zero attached hydrogens (tertiary/aromatic N) is 2. The highest BCUT2D eigenvalue weighted by Crippen LogP contribution is 2.21. The third-order valence-corrected chi connectivity index (χ3v) is 5.25. The number of sulfonamides is 1. The molecule has 20 heavy (non-hydrogen) atoms. The predicted octanol–water partition coefficient (Wildman–Crippen LogP) is 2.81. The molecular formula is C14H27N3O2S. The molecule has 0 bridgehead atoms. The summed E-state index contributed by atoms with van der Waals surface area (Å²) >= 11 is 0. The maximum atomic E-state index is 12.8. The normalized spacial score (nSPS) is 12.8. The predicted molar refractivity (Wildman–Crippen MR) is 81.1 cm³/mol. The van der Waals surface area contributed by atoms with Crippen molar-refractivity contribution in [3.63, 3.8) is 0 Å². The molecule has 0 saturated carbocycles. The smallest absolute Gasteiger partial charge is 0.260 e. The van der Waals surface area contributed by atoms with Crippen molar-refractivity contribution in [1.29, 1.82) is 0 Å². The van der Waals surface area contributed by atoms with Crippen LogP contribution in [-0.4, -0.2) is 35.3 Å². The van der Waals surface area contributed by atoms with Crippen LogP contribution < -0.4 is 0 Å². The summed E-state index contributed by atoms with van der Waals surface area (Å²) in [5, 5.41) is 0.210. The van der Waals surface area contributed by atoms with Crippen molar-refractivity contribution >= 4 is 10.0 Å². The van der Waals surface area contributed by atoms with Crippen LogP contribution >= 0.6 is 0 Å². The zero-order valence-corrected chi connectivity index (χ0v) is 14.0. The lowest BCUT2D eigenvalue weighted by atomic mass is 10.1. The molecule has 5 nitrogen and oxygen atoms in total. The number of hydrogen-bond acceptors (Lipinski definition) is 3. The Morgan fingerprint density at radius 2 is 1.85 bits per heavy atom. The van der Waals surface area contributed by atoms with Crippen LogP contribution in [0.2, 0.25) is 0 Å². The summed E-state index contributed by atoms with van der Waals surface area (Å²) in [5.41, 5.74) is 0. The van der Waals surface area contributed by atoms with Crippen molar-refractivity contribution < 1.29 is 8.42 Å². The topological polar surface area (TPSA) is 66.1 Å². The number of nitrogens with one attached hydrogen (secondary N) is 1. The standard InChI is InChI=1S/C14H27N3O2S/c1-6-12(7-2)17(10-11(4)5)20(18,19)14-9-15-13(8-3)16-14/h9,11-12H,6-8,10H2,1-5H3,(H,15,16). The number of aromatic nitrogens is 2. The zero-order valence-electron chi connectivity index (χ0n) is 13.2. The number of rotatable bonds is 8. The highest BCUT2D eigenvalue weighted by molar-refractivity contribution is 7.89. The van der Waals surface area contributed by atoms with Gasteiger partial charge in [0.25, 0.3) is 10.0 Å². The van der Waals surface area contributed by atoms with Gasteiger partial charge in [-0.2, -0.15) is 4.31 Å². The monoisotopic (exact) mass is 301 g/mol. The minimum Gasteiger partial charge on any atom is -0.332 e. The van der Waals surface area contributed by atoms with Gasteiger partial charge >= 0.3 is 0 Å². The Bertz CT molecular complexity index is 504. The molecule has 0 amide bonds. The Labute approximate surface area is 122 Å². The van der Waals surface area contributed by atoms with E-state index in [9.17, 15) is 8.42 Å². The van der Waals surface area contributed by atoms with Gasteiger partial charge in [-0.05, 0) is 18.8 Å². The summed E-state index contributed by atoms with van der Waals surface area (Å²) < 4.78 is 27.3. The molecule has 0 spiro atoms. The molecule has 1 aromatic heterocycles. The molecule has 0 radical (unpaired) electrons. The van der Waals surface area contributed by atoms with E-state index in [2.05, 4.69) is 9.97 Å². The van der Waals surface area contributed by atoms with E-state index < -0.39 is 10.0 Å². The molecule has 0 aliphatic carbocycles. The van der Waals surface area contributed by atoms with Gasteiger partial charge in [-0.25, -0.2) is 13.4 Å². The highest BCUT2D eigenvalue weighted by Gasteiger charge is 2.31. The molecule has 1 N–H and O–H groups in total. The quantitative estimate of drug-likeness (QED) is 0.803. The van der Waals surface area contributed by atoms with Gasteiger partial charge in [-0.3, -0.25) is 0 Å². The second kappa shape index (κ2) is 7.22. The van der Waals surface area contributed by atoms with E-state index >= 15 is 0 Å². The molecular weight excluding hydrogens is 274 g/mol. The van der Waals surface area contributed by atoms with Crippen molar-refractivity contribution in [3.8, 4) is 0 Å². The van der Waals surface area contributed by atoms with Crippen LogP contribution in [-0.2, 0) is 16.4 Å². The van der Waals surface area contributed by atoms with E-state index in [0.717, 1.165) is 12.8 Å². The molecule has 1 heterocycles. The van der Waals surface area contributed by atoms with E-state index in [1.54, 1.807) is 4.31 Å². The molecule has 0 aromatic carbocycles. The Kier molecular flexibility index (Phi) is 6.20. The van der Waals surface area contributed by atoms with Crippen LogP contribution in [0.1, 0.15) is 53.3 Å². The van der Waals surface area contributed by atoms with E-state index in [-0.39, 0.29) is 11.1 Å². The lowest BCUT2D eigenvalue weighted by molar-refractivity contribution is 0.276. The van der Waals surface area contributed by atoms with Crippen molar-refractivity contribution in [2.24, 2.45) is 5.92 Å². The van der Waals surface area contributed by atoms with E-state index in [4.69, 9.17) is 0 Å². The van der Waals surface area contributed by atoms with Gasteiger partial charge < -0.3 is 4.98 Å². The maximum absolute atomic E-state index is 12.8. The number of H-pyrrole nitrogens is 1. The van der Waals surface area contributed by atoms with Crippen molar-refractivity contribution in [1.82, 2.24) is 14.3 Å². The number of imidazole rings is 1. The summed E-state index contributed by atoms with van der Waals surface area (Å²) in [7, 11) is -3.49. The third-order valence-electron chi connectivity index (χ3n) is 3.42. The largest absolute Gasteiger partial charge is 0.332 e. The van der Waals surface area contributed by atoms with E-state index in [1.165, 1.54) is 6.20 Å². The van der Waals surface area contributed by atoms with Crippen LogP contribution in [0.25, 0.3) is 0 Å². The van der Waals surface area contributed by atoms with Crippen LogP contribution in [0, 0.1) is 5.92 Å². The minimum atomic E-state index is -3.49. The van der Waals surface area contributed by atoms with Crippen LogP contribution in [0.15, 0.2) is 11.2 Å². The molecule has 0 saturated heterocycles. The summed E-state index contributed by atoms with van der Waals surface area (Å²) in [4.78, 5) is 7.03. The van der Waals surface area contributed by atoms with Gasteiger partial charge in [-0.15, -0.1) is 0 Å². The SMILES string of the molecule is CCc1ncc(S(=O)(=O)N(CC(C)C)C(CC)CC)[nH]1. The first-order valence-electron chi connectivity index (χ1n) is 7.42. The van der Waals surface area contributed by atoms with Crippen LogP contribution in [0.3, 0.4) is 0 Å². The van der Waals surface area contributed by atoms with Crippen molar-refractivity contribution in [2.45, 2.75) is 64.9 Å². The van der Waals surface area contributed by atoms with Crippen LogP contribution in [0.5, 0.6) is 0 Å².